The Balaban J connectivity index is 2.13. The van der Waals surface area contributed by atoms with Gasteiger partial charge < -0.3 is 15.6 Å². The topological polar surface area (TPSA) is 77.0 Å². The van der Waals surface area contributed by atoms with Crippen LogP contribution in [0.5, 0.6) is 0 Å². The third kappa shape index (κ3) is 2.58. The van der Waals surface area contributed by atoms with Gasteiger partial charge in [0.25, 0.3) is 0 Å². The number of aromatic nitrogens is 2. The highest BCUT2D eigenvalue weighted by atomic mass is 79.9. The number of anilines is 2. The normalized spacial score (nSPS) is 10.5. The second-order valence-electron chi connectivity index (χ2n) is 3.75. The molecule has 0 atom stereocenters. The summed E-state index contributed by atoms with van der Waals surface area (Å²) in [5, 5.41) is 7.06. The molecule has 0 aliphatic rings. The summed E-state index contributed by atoms with van der Waals surface area (Å²) in [6.07, 6.45) is 1.70. The van der Waals surface area contributed by atoms with E-state index >= 15 is 0 Å². The minimum absolute atomic E-state index is 0.597. The SMILES string of the molecule is Cc1noc(C)c1CNc1ncc(Br)cc1N. The number of aryl methyl sites for hydroxylation is 2. The van der Waals surface area contributed by atoms with E-state index in [2.05, 4.69) is 31.4 Å². The summed E-state index contributed by atoms with van der Waals surface area (Å²) in [5.74, 6) is 1.47. The summed E-state index contributed by atoms with van der Waals surface area (Å²) in [4.78, 5) is 4.20. The fourth-order valence-corrected chi connectivity index (χ4v) is 1.88. The third-order valence-electron chi connectivity index (χ3n) is 2.50. The molecule has 5 nitrogen and oxygen atoms in total. The molecule has 0 fully saturated rings. The molecule has 2 aromatic heterocycles. The van der Waals surface area contributed by atoms with Gasteiger partial charge in [-0.2, -0.15) is 0 Å². The molecule has 0 aliphatic carbocycles. The Labute approximate surface area is 108 Å². The van der Waals surface area contributed by atoms with Gasteiger partial charge in [0.05, 0.1) is 11.4 Å². The molecule has 0 saturated heterocycles. The van der Waals surface area contributed by atoms with Gasteiger partial charge in [0.2, 0.25) is 0 Å². The van der Waals surface area contributed by atoms with E-state index in [1.54, 1.807) is 6.20 Å². The lowest BCUT2D eigenvalue weighted by Crippen LogP contribution is -2.05. The van der Waals surface area contributed by atoms with E-state index in [4.69, 9.17) is 10.3 Å². The van der Waals surface area contributed by atoms with Gasteiger partial charge in [-0.25, -0.2) is 4.98 Å². The second-order valence-corrected chi connectivity index (χ2v) is 4.66. The molecule has 0 bridgehead atoms. The Morgan fingerprint density at radius 3 is 2.82 bits per heavy atom. The van der Waals surface area contributed by atoms with Crippen molar-refractivity contribution in [3.8, 4) is 0 Å². The number of nitrogens with two attached hydrogens (primary N) is 1. The van der Waals surface area contributed by atoms with E-state index in [1.807, 2.05) is 19.9 Å². The summed E-state index contributed by atoms with van der Waals surface area (Å²) in [6.45, 7) is 4.39. The van der Waals surface area contributed by atoms with Crippen molar-refractivity contribution in [3.63, 3.8) is 0 Å². The molecule has 0 aromatic carbocycles. The predicted octanol–water partition coefficient (Wildman–Crippen LogP) is 2.64. The smallest absolute Gasteiger partial charge is 0.149 e. The Bertz CT molecular complexity index is 519. The minimum Gasteiger partial charge on any atom is -0.396 e. The van der Waals surface area contributed by atoms with Crippen molar-refractivity contribution in [2.24, 2.45) is 0 Å². The lowest BCUT2D eigenvalue weighted by atomic mass is 10.2. The first-order valence-electron chi connectivity index (χ1n) is 5.14. The molecule has 0 saturated carbocycles. The molecular formula is C11H13BrN4O. The number of nitrogen functional groups attached to an aromatic ring is 1. The lowest BCUT2D eigenvalue weighted by molar-refractivity contribution is 0.392. The maximum Gasteiger partial charge on any atom is 0.149 e. The Morgan fingerprint density at radius 1 is 1.47 bits per heavy atom. The zero-order valence-corrected chi connectivity index (χ0v) is 11.2. The van der Waals surface area contributed by atoms with Crippen LogP contribution in [0.2, 0.25) is 0 Å². The molecule has 0 aliphatic heterocycles. The summed E-state index contributed by atoms with van der Waals surface area (Å²) in [5.41, 5.74) is 8.36. The molecule has 2 aromatic rings. The number of pyridine rings is 1. The Morgan fingerprint density at radius 2 is 2.24 bits per heavy atom. The van der Waals surface area contributed by atoms with E-state index in [0.29, 0.717) is 18.1 Å². The number of hydrogen-bond donors (Lipinski definition) is 2. The van der Waals surface area contributed by atoms with Gasteiger partial charge in [0.1, 0.15) is 11.6 Å². The molecule has 6 heteroatoms. The Kier molecular flexibility index (Phi) is 3.33. The molecule has 3 N–H and O–H groups in total. The van der Waals surface area contributed by atoms with Gasteiger partial charge in [-0.3, -0.25) is 0 Å². The maximum absolute atomic E-state index is 5.84. The van der Waals surface area contributed by atoms with E-state index in [1.165, 1.54) is 0 Å². The van der Waals surface area contributed by atoms with Crippen molar-refractivity contribution in [1.29, 1.82) is 0 Å². The fourth-order valence-electron chi connectivity index (χ4n) is 1.53. The van der Waals surface area contributed by atoms with Crippen molar-refractivity contribution < 1.29 is 4.52 Å². The van der Waals surface area contributed by atoms with Gasteiger partial charge in [-0.05, 0) is 35.8 Å². The molecule has 17 heavy (non-hydrogen) atoms. The zero-order chi connectivity index (χ0) is 12.4. The van der Waals surface area contributed by atoms with Gasteiger partial charge in [-0.1, -0.05) is 5.16 Å². The van der Waals surface area contributed by atoms with Crippen LogP contribution in [-0.4, -0.2) is 10.1 Å². The van der Waals surface area contributed by atoms with Crippen LogP contribution >= 0.6 is 15.9 Å². The summed E-state index contributed by atoms with van der Waals surface area (Å²) in [6, 6.07) is 1.81. The van der Waals surface area contributed by atoms with Gasteiger partial charge in [-0.15, -0.1) is 0 Å². The van der Waals surface area contributed by atoms with Crippen LogP contribution in [0.4, 0.5) is 11.5 Å². The number of nitrogens with one attached hydrogen (secondary N) is 1. The lowest BCUT2D eigenvalue weighted by Gasteiger charge is -2.07. The van der Waals surface area contributed by atoms with Crippen molar-refractivity contribution in [3.05, 3.63) is 33.8 Å². The first-order chi connectivity index (χ1) is 8.08. The van der Waals surface area contributed by atoms with Crippen molar-refractivity contribution >= 4 is 27.4 Å². The van der Waals surface area contributed by atoms with Crippen molar-refractivity contribution in [2.45, 2.75) is 20.4 Å². The average molecular weight is 297 g/mol. The zero-order valence-electron chi connectivity index (χ0n) is 9.62. The fraction of sp³-hybridized carbons (Fsp3) is 0.273. The number of rotatable bonds is 3. The van der Waals surface area contributed by atoms with Crippen LogP contribution in [0.25, 0.3) is 0 Å². The molecular weight excluding hydrogens is 284 g/mol. The van der Waals surface area contributed by atoms with Crippen LogP contribution in [0.15, 0.2) is 21.3 Å². The summed E-state index contributed by atoms with van der Waals surface area (Å²) < 4.78 is 5.94. The highest BCUT2D eigenvalue weighted by Gasteiger charge is 2.09. The standard InChI is InChI=1S/C11H13BrN4O/c1-6-9(7(2)17-16-6)5-15-11-10(13)3-8(12)4-14-11/h3-4H,5,13H2,1-2H3,(H,14,15). The summed E-state index contributed by atoms with van der Waals surface area (Å²) >= 11 is 3.31. The highest BCUT2D eigenvalue weighted by Crippen LogP contribution is 2.21. The second kappa shape index (κ2) is 4.75. The maximum atomic E-state index is 5.84. The van der Waals surface area contributed by atoms with Gasteiger partial charge in [0, 0.05) is 22.8 Å². The monoisotopic (exact) mass is 296 g/mol. The van der Waals surface area contributed by atoms with E-state index in [0.717, 1.165) is 21.5 Å². The highest BCUT2D eigenvalue weighted by molar-refractivity contribution is 9.10. The number of nitrogens with zero attached hydrogens (tertiary/aromatic N) is 2. The molecule has 0 spiro atoms. The predicted molar refractivity (Wildman–Crippen MR) is 69.7 cm³/mol. The van der Waals surface area contributed by atoms with E-state index in [9.17, 15) is 0 Å². The van der Waals surface area contributed by atoms with Crippen LogP contribution in [-0.2, 0) is 6.54 Å². The molecule has 90 valence electrons. The third-order valence-corrected chi connectivity index (χ3v) is 2.93. The van der Waals surface area contributed by atoms with E-state index < -0.39 is 0 Å². The Hall–Kier alpha value is -1.56. The van der Waals surface area contributed by atoms with Gasteiger partial charge >= 0.3 is 0 Å². The number of halogens is 1. The minimum atomic E-state index is 0.597. The van der Waals surface area contributed by atoms with E-state index in [-0.39, 0.29) is 0 Å². The van der Waals surface area contributed by atoms with Crippen LogP contribution in [0.3, 0.4) is 0 Å². The van der Waals surface area contributed by atoms with Gasteiger partial charge in [0.15, 0.2) is 0 Å². The van der Waals surface area contributed by atoms with Crippen LogP contribution in [0.1, 0.15) is 17.0 Å². The largest absolute Gasteiger partial charge is 0.396 e. The van der Waals surface area contributed by atoms with Crippen LogP contribution < -0.4 is 11.1 Å². The van der Waals surface area contributed by atoms with Crippen molar-refractivity contribution in [1.82, 2.24) is 10.1 Å². The first kappa shape index (κ1) is 11.9. The quantitative estimate of drug-likeness (QED) is 0.910. The average Bonchev–Trinajstić information content (AvgIpc) is 2.58. The van der Waals surface area contributed by atoms with Crippen LogP contribution in [0, 0.1) is 13.8 Å². The summed E-state index contributed by atoms with van der Waals surface area (Å²) in [7, 11) is 0. The molecule has 2 heterocycles. The van der Waals surface area contributed by atoms with Crippen molar-refractivity contribution in [2.75, 3.05) is 11.1 Å². The molecule has 2 rings (SSSR count). The molecule has 0 unspecified atom stereocenters. The molecule has 0 radical (unpaired) electrons. The number of hydrogen-bond acceptors (Lipinski definition) is 5. The molecule has 0 amide bonds. The first-order valence-corrected chi connectivity index (χ1v) is 5.94.